The number of benzene rings is 3. The van der Waals surface area contributed by atoms with Gasteiger partial charge in [0, 0.05) is 28.9 Å². The molecule has 1 aliphatic carbocycles. The first kappa shape index (κ1) is 35.8. The molecule has 0 bridgehead atoms. The van der Waals surface area contributed by atoms with Crippen molar-refractivity contribution in [2.75, 3.05) is 4.90 Å². The molecular weight excluding hydrogens is 641 g/mol. The van der Waals surface area contributed by atoms with Crippen molar-refractivity contribution in [2.45, 2.75) is 71.9 Å². The average Bonchev–Trinajstić information content (AvgIpc) is 3.52. The lowest BCUT2D eigenvalue weighted by molar-refractivity contribution is 0.0954. The number of hydrogen-bond donors (Lipinski definition) is 0. The second-order valence-corrected chi connectivity index (χ2v) is 14.9. The van der Waals surface area contributed by atoms with Gasteiger partial charge in [-0.15, -0.1) is 0 Å². The Labute approximate surface area is 308 Å². The molecule has 2 heterocycles. The van der Waals surface area contributed by atoms with Gasteiger partial charge in [0.15, 0.2) is 11.3 Å². The maximum absolute atomic E-state index is 10.2. The lowest BCUT2D eigenvalue weighted by atomic mass is 9.77. The number of para-hydroxylation sites is 2. The number of nitrogens with zero attached hydrogens (tertiary/aromatic N) is 4. The topological polar surface area (TPSA) is 93.1 Å². The van der Waals surface area contributed by atoms with Crippen LogP contribution in [0.15, 0.2) is 154 Å². The number of nitriles is 3. The lowest BCUT2D eigenvalue weighted by Gasteiger charge is -2.31. The molecule has 260 valence electrons. The van der Waals surface area contributed by atoms with E-state index >= 15 is 0 Å². The summed E-state index contributed by atoms with van der Waals surface area (Å²) in [4.78, 5) is 2.44. The second kappa shape index (κ2) is 14.7. The van der Waals surface area contributed by atoms with E-state index in [9.17, 15) is 15.8 Å². The maximum Gasteiger partial charge on any atom is 0.172 e. The molecule has 1 atom stereocenters. The Kier molecular flexibility index (Phi) is 10.1. The van der Waals surface area contributed by atoms with Crippen molar-refractivity contribution in [1.82, 2.24) is 0 Å². The first-order valence-electron chi connectivity index (χ1n) is 17.8. The van der Waals surface area contributed by atoms with Crippen molar-refractivity contribution in [3.05, 3.63) is 165 Å². The van der Waals surface area contributed by atoms with Crippen LogP contribution < -0.4 is 9.64 Å². The molecule has 0 spiro atoms. The first-order valence-corrected chi connectivity index (χ1v) is 17.8. The Morgan fingerprint density at radius 3 is 2.17 bits per heavy atom. The Hall–Kier alpha value is -6.03. The molecule has 1 unspecified atom stereocenters. The minimum atomic E-state index is -0.919. The van der Waals surface area contributed by atoms with E-state index in [-0.39, 0.29) is 22.3 Å². The predicted molar refractivity (Wildman–Crippen MR) is 205 cm³/mol. The van der Waals surface area contributed by atoms with E-state index in [1.54, 1.807) is 0 Å². The highest BCUT2D eigenvalue weighted by molar-refractivity contribution is 5.71. The zero-order chi connectivity index (χ0) is 37.0. The zero-order valence-corrected chi connectivity index (χ0v) is 30.8. The minimum absolute atomic E-state index is 0.0306. The van der Waals surface area contributed by atoms with Gasteiger partial charge in [-0.3, -0.25) is 0 Å². The van der Waals surface area contributed by atoms with E-state index in [4.69, 9.17) is 9.47 Å². The Bertz CT molecular complexity index is 2160. The largest absolute Gasteiger partial charge is 0.480 e. The van der Waals surface area contributed by atoms with Gasteiger partial charge >= 0.3 is 0 Å². The van der Waals surface area contributed by atoms with Crippen LogP contribution in [0.5, 0.6) is 5.75 Å². The van der Waals surface area contributed by atoms with Crippen molar-refractivity contribution in [3.63, 3.8) is 0 Å². The summed E-state index contributed by atoms with van der Waals surface area (Å²) in [7, 11) is 0. The van der Waals surface area contributed by atoms with Crippen LogP contribution in [0, 0.1) is 45.8 Å². The highest BCUT2D eigenvalue weighted by Crippen LogP contribution is 2.49. The van der Waals surface area contributed by atoms with E-state index in [1.807, 2.05) is 68.5 Å². The number of allylic oxidation sites excluding steroid dienone is 8. The summed E-state index contributed by atoms with van der Waals surface area (Å²) in [5.74, 6) is 2.31. The van der Waals surface area contributed by atoms with Crippen LogP contribution in [0.1, 0.15) is 65.5 Å². The van der Waals surface area contributed by atoms with Gasteiger partial charge in [-0.25, -0.2) is 0 Å². The smallest absolute Gasteiger partial charge is 0.172 e. The molecule has 0 fully saturated rings. The fraction of sp³-hybridized carbons (Fsp3) is 0.283. The van der Waals surface area contributed by atoms with Crippen LogP contribution in [-0.2, 0) is 16.7 Å². The molecule has 52 heavy (non-hydrogen) atoms. The molecule has 3 aliphatic rings. The van der Waals surface area contributed by atoms with E-state index < -0.39 is 5.60 Å². The number of fused-ring (bicyclic) bond motifs is 1. The summed E-state index contributed by atoms with van der Waals surface area (Å²) < 4.78 is 12.8. The number of rotatable bonds is 8. The van der Waals surface area contributed by atoms with Gasteiger partial charge in [0.2, 0.25) is 0 Å². The van der Waals surface area contributed by atoms with Crippen LogP contribution in [0.2, 0.25) is 0 Å². The molecule has 3 aromatic rings. The van der Waals surface area contributed by atoms with Crippen molar-refractivity contribution in [2.24, 2.45) is 11.8 Å². The van der Waals surface area contributed by atoms with E-state index in [0.29, 0.717) is 17.4 Å². The van der Waals surface area contributed by atoms with Gasteiger partial charge in [0.25, 0.3) is 0 Å². The molecule has 0 amide bonds. The molecule has 0 N–H and O–H groups in total. The summed E-state index contributed by atoms with van der Waals surface area (Å²) in [5, 5.41) is 29.3. The standard InChI is InChI=1S/C46H44N4O2/c1-31(2)35-25-33(21-23-39-38(29-49)44(36(27-47)28-48)52-46(39,5)6)43(51-37-17-11-8-12-18-37)34(26-35)22-24-42-45(3,4)40-19-13-14-20-41(40)50(42)30-32-15-9-7-10-16-32/h7-24,31,35H,25-26,30H2,1-6H3/b23-21+,34-22+,42-24+. The fourth-order valence-corrected chi connectivity index (χ4v) is 7.45. The van der Waals surface area contributed by atoms with E-state index in [2.05, 4.69) is 105 Å². The first-order chi connectivity index (χ1) is 25.0. The Morgan fingerprint density at radius 2 is 1.52 bits per heavy atom. The van der Waals surface area contributed by atoms with Crippen LogP contribution in [0.4, 0.5) is 5.69 Å². The molecule has 0 aromatic heterocycles. The summed E-state index contributed by atoms with van der Waals surface area (Å²) >= 11 is 0. The van der Waals surface area contributed by atoms with Crippen LogP contribution >= 0.6 is 0 Å². The predicted octanol–water partition coefficient (Wildman–Crippen LogP) is 10.7. The maximum atomic E-state index is 10.2. The average molecular weight is 685 g/mol. The van der Waals surface area contributed by atoms with Gasteiger partial charge in [-0.1, -0.05) is 113 Å². The minimum Gasteiger partial charge on any atom is -0.480 e. The second-order valence-electron chi connectivity index (χ2n) is 14.9. The SMILES string of the molecule is CC(C)C1CC(/C=C/C2=C(C#N)C(=C(C#N)C#N)OC2(C)C)=C(Oc2ccccc2)C(=C/C=C2/N(Cc3ccccc3)c3ccccc3C2(C)C)/C1. The van der Waals surface area contributed by atoms with Gasteiger partial charge in [0.05, 0.1) is 0 Å². The third kappa shape index (κ3) is 6.96. The summed E-state index contributed by atoms with van der Waals surface area (Å²) in [6.07, 6.45) is 10.1. The zero-order valence-electron chi connectivity index (χ0n) is 30.8. The molecule has 6 heteroatoms. The summed E-state index contributed by atoms with van der Waals surface area (Å²) in [6.45, 7) is 13.6. The summed E-state index contributed by atoms with van der Waals surface area (Å²) in [5.41, 5.74) is 6.53. The molecule has 3 aromatic carbocycles. The molecule has 0 saturated heterocycles. The van der Waals surface area contributed by atoms with Crippen molar-refractivity contribution >= 4 is 5.69 Å². The monoisotopic (exact) mass is 684 g/mol. The number of hydrogen-bond acceptors (Lipinski definition) is 6. The van der Waals surface area contributed by atoms with Crippen molar-refractivity contribution in [1.29, 1.82) is 15.8 Å². The highest BCUT2D eigenvalue weighted by Gasteiger charge is 2.41. The Morgan fingerprint density at radius 1 is 0.865 bits per heavy atom. The van der Waals surface area contributed by atoms with Crippen LogP contribution in [0.3, 0.4) is 0 Å². The van der Waals surface area contributed by atoms with Crippen molar-refractivity contribution < 1.29 is 9.47 Å². The summed E-state index contributed by atoms with van der Waals surface area (Å²) in [6, 6.07) is 35.1. The van der Waals surface area contributed by atoms with Gasteiger partial charge in [0.1, 0.15) is 40.9 Å². The third-order valence-electron chi connectivity index (χ3n) is 10.4. The fourth-order valence-electron chi connectivity index (χ4n) is 7.45. The molecule has 0 radical (unpaired) electrons. The van der Waals surface area contributed by atoms with Gasteiger partial charge in [-0.2, -0.15) is 15.8 Å². The quantitative estimate of drug-likeness (QED) is 0.219. The van der Waals surface area contributed by atoms with Crippen LogP contribution in [-0.4, -0.2) is 5.60 Å². The van der Waals surface area contributed by atoms with E-state index in [1.165, 1.54) is 22.5 Å². The van der Waals surface area contributed by atoms with E-state index in [0.717, 1.165) is 42.0 Å². The molecule has 0 saturated carbocycles. The highest BCUT2D eigenvalue weighted by atomic mass is 16.5. The molecule has 6 rings (SSSR count). The Balaban J connectivity index is 1.52. The number of ether oxygens (including phenoxy) is 2. The van der Waals surface area contributed by atoms with Crippen LogP contribution in [0.25, 0.3) is 0 Å². The van der Waals surface area contributed by atoms with Gasteiger partial charge < -0.3 is 14.4 Å². The molecule has 2 aliphatic heterocycles. The molecular formula is C46H44N4O2. The van der Waals surface area contributed by atoms with Gasteiger partial charge in [-0.05, 0) is 85.1 Å². The number of anilines is 1. The molecule has 6 nitrogen and oxygen atoms in total. The van der Waals surface area contributed by atoms with Crippen molar-refractivity contribution in [3.8, 4) is 24.0 Å². The normalized spacial score (nSPS) is 20.6. The lowest BCUT2D eigenvalue weighted by Crippen LogP contribution is -2.26. The third-order valence-corrected chi connectivity index (χ3v) is 10.4.